The maximum Gasteiger partial charge on any atom is 0.306 e. The summed E-state index contributed by atoms with van der Waals surface area (Å²) >= 11 is 0. The molecule has 1 saturated heterocycles. The molecule has 8 atom stereocenters. The van der Waals surface area contributed by atoms with Gasteiger partial charge in [0, 0.05) is 6.42 Å². The van der Waals surface area contributed by atoms with Crippen LogP contribution in [-0.4, -0.2) is 99.6 Å². The van der Waals surface area contributed by atoms with Crippen molar-refractivity contribution in [1.82, 2.24) is 5.32 Å². The Hall–Kier alpha value is -1.60. The minimum Gasteiger partial charge on any atom is -0.454 e. The number of unbranched alkanes of at least 4 members (excludes halogenated alkanes) is 40. The molecule has 1 fully saturated rings. The second-order valence-electron chi connectivity index (χ2n) is 22.2. The number of nitrogens with one attached hydrogen (secondary N) is 1. The van der Waals surface area contributed by atoms with Crippen LogP contribution in [0.1, 0.15) is 310 Å². The third-order valence-corrected chi connectivity index (χ3v) is 15.2. The van der Waals surface area contributed by atoms with E-state index < -0.39 is 67.4 Å². The number of amides is 1. The molecule has 1 rings (SSSR count). The number of aliphatic hydroxyl groups is 5. The zero-order valence-corrected chi connectivity index (χ0v) is 47.8. The van der Waals surface area contributed by atoms with Gasteiger partial charge in [-0.15, -0.1) is 0 Å². The highest BCUT2D eigenvalue weighted by Crippen LogP contribution is 2.26. The molecule has 0 saturated carbocycles. The minimum atomic E-state index is -1.61. The Balaban J connectivity index is 2.61. The lowest BCUT2D eigenvalue weighted by Gasteiger charge is -2.41. The molecule has 6 N–H and O–H groups in total. The minimum absolute atomic E-state index is 0.132. The molecule has 1 aliphatic rings. The first kappa shape index (κ1) is 69.4. The van der Waals surface area contributed by atoms with Crippen molar-refractivity contribution in [1.29, 1.82) is 0 Å². The zero-order chi connectivity index (χ0) is 53.3. The standard InChI is InChI=1S/C62H119NO10/c1-4-7-10-13-16-19-22-24-25-26-27-28-29-30-31-33-35-38-41-44-47-50-57(67)73-60-59(69)58(68)56(51-64)72-62(60)71-52-53(54(65)48-45-42-39-37-34-32-23-20-17-14-11-8-5-2)63-61(70)55(66)49-46-43-40-36-21-18-15-12-9-6-3/h45,48,53-56,58-60,62,64-66,68-69H,4-44,46-47,49-52H2,1-3H3,(H,63,70)/b48-45+. The first-order valence-electron chi connectivity index (χ1n) is 31.5. The number of carbonyl (C=O) groups excluding carboxylic acids is 2. The number of hydrogen-bond acceptors (Lipinski definition) is 10. The molecule has 1 amide bonds. The quantitative estimate of drug-likeness (QED) is 0.0195. The van der Waals surface area contributed by atoms with Gasteiger partial charge in [-0.05, 0) is 25.7 Å². The molecule has 11 heteroatoms. The number of aliphatic hydroxyl groups excluding tert-OH is 5. The van der Waals surface area contributed by atoms with E-state index in [1.807, 2.05) is 6.08 Å². The van der Waals surface area contributed by atoms with E-state index in [-0.39, 0.29) is 13.0 Å². The fourth-order valence-corrected chi connectivity index (χ4v) is 10.2. The molecule has 0 aromatic heterocycles. The Kier molecular flexibility index (Phi) is 48.7. The van der Waals surface area contributed by atoms with Crippen LogP contribution in [-0.2, 0) is 23.8 Å². The van der Waals surface area contributed by atoms with Gasteiger partial charge in [-0.1, -0.05) is 290 Å². The maximum absolute atomic E-state index is 13.4. The van der Waals surface area contributed by atoms with E-state index >= 15 is 0 Å². The normalized spacial score (nSPS) is 19.4. The van der Waals surface area contributed by atoms with E-state index in [4.69, 9.17) is 14.2 Å². The number of ether oxygens (including phenoxy) is 3. The molecule has 11 nitrogen and oxygen atoms in total. The average Bonchev–Trinajstić information content (AvgIpc) is 3.39. The van der Waals surface area contributed by atoms with E-state index in [1.165, 1.54) is 205 Å². The first-order valence-corrected chi connectivity index (χ1v) is 31.5. The predicted octanol–water partition coefficient (Wildman–Crippen LogP) is 14.7. The molecular weight excluding hydrogens is 919 g/mol. The summed E-state index contributed by atoms with van der Waals surface area (Å²) in [6, 6.07) is -1.01. The highest BCUT2D eigenvalue weighted by molar-refractivity contribution is 5.80. The van der Waals surface area contributed by atoms with Crippen LogP contribution in [0.15, 0.2) is 12.2 Å². The van der Waals surface area contributed by atoms with Crippen LogP contribution >= 0.6 is 0 Å². The first-order chi connectivity index (χ1) is 35.7. The van der Waals surface area contributed by atoms with Crippen molar-refractivity contribution in [3.8, 4) is 0 Å². The third kappa shape index (κ3) is 39.4. The summed E-state index contributed by atoms with van der Waals surface area (Å²) < 4.78 is 17.6. The van der Waals surface area contributed by atoms with Crippen molar-refractivity contribution < 1.29 is 49.3 Å². The Bertz CT molecular complexity index is 1240. The van der Waals surface area contributed by atoms with Crippen molar-refractivity contribution in [2.45, 2.75) is 359 Å². The van der Waals surface area contributed by atoms with Gasteiger partial charge in [0.05, 0.1) is 25.4 Å². The van der Waals surface area contributed by atoms with Crippen molar-refractivity contribution in [3.05, 3.63) is 12.2 Å². The van der Waals surface area contributed by atoms with Crippen LogP contribution in [0.3, 0.4) is 0 Å². The van der Waals surface area contributed by atoms with Crippen molar-refractivity contribution in [2.75, 3.05) is 13.2 Å². The van der Waals surface area contributed by atoms with E-state index in [9.17, 15) is 35.1 Å². The predicted molar refractivity (Wildman–Crippen MR) is 301 cm³/mol. The van der Waals surface area contributed by atoms with Crippen LogP contribution in [0.25, 0.3) is 0 Å². The summed E-state index contributed by atoms with van der Waals surface area (Å²) in [6.07, 6.45) is 46.9. The number of hydrogen-bond donors (Lipinski definition) is 6. The fourth-order valence-electron chi connectivity index (χ4n) is 10.2. The van der Waals surface area contributed by atoms with Crippen LogP contribution < -0.4 is 5.32 Å². The Labute approximate surface area is 448 Å². The molecule has 0 radical (unpaired) electrons. The van der Waals surface area contributed by atoms with Crippen LogP contribution in [0.2, 0.25) is 0 Å². The average molecular weight is 1040 g/mol. The molecule has 0 bridgehead atoms. The molecule has 0 aromatic carbocycles. The summed E-state index contributed by atoms with van der Waals surface area (Å²) in [5.41, 5.74) is 0. The van der Waals surface area contributed by atoms with Gasteiger partial charge in [0.25, 0.3) is 0 Å². The molecule has 0 aromatic rings. The summed E-state index contributed by atoms with van der Waals surface area (Å²) in [6.45, 7) is 5.81. The number of esters is 1. The third-order valence-electron chi connectivity index (χ3n) is 15.2. The zero-order valence-electron chi connectivity index (χ0n) is 47.8. The Morgan fingerprint density at radius 1 is 0.521 bits per heavy atom. The number of rotatable bonds is 54. The second-order valence-corrected chi connectivity index (χ2v) is 22.2. The largest absolute Gasteiger partial charge is 0.454 e. The van der Waals surface area contributed by atoms with Crippen molar-refractivity contribution >= 4 is 11.9 Å². The summed E-state index contributed by atoms with van der Waals surface area (Å²) in [7, 11) is 0. The van der Waals surface area contributed by atoms with Gasteiger partial charge in [-0.25, -0.2) is 0 Å². The fraction of sp³-hybridized carbons (Fsp3) is 0.935. The van der Waals surface area contributed by atoms with E-state index in [1.54, 1.807) is 6.08 Å². The number of carbonyl (C=O) groups is 2. The van der Waals surface area contributed by atoms with Gasteiger partial charge in [0.1, 0.15) is 24.4 Å². The maximum atomic E-state index is 13.4. The Morgan fingerprint density at radius 2 is 0.890 bits per heavy atom. The van der Waals surface area contributed by atoms with Gasteiger partial charge < -0.3 is 45.1 Å². The molecule has 0 spiro atoms. The van der Waals surface area contributed by atoms with Crippen molar-refractivity contribution in [2.24, 2.45) is 0 Å². The summed E-state index contributed by atoms with van der Waals surface area (Å²) in [5.74, 6) is -1.18. The van der Waals surface area contributed by atoms with Crippen LogP contribution in [0.4, 0.5) is 0 Å². The molecular formula is C62H119NO10. The van der Waals surface area contributed by atoms with Gasteiger partial charge in [0.15, 0.2) is 12.4 Å². The molecule has 432 valence electrons. The van der Waals surface area contributed by atoms with Gasteiger partial charge in [0.2, 0.25) is 5.91 Å². The molecule has 73 heavy (non-hydrogen) atoms. The second kappa shape index (κ2) is 51.2. The molecule has 0 aliphatic carbocycles. The Morgan fingerprint density at radius 3 is 1.29 bits per heavy atom. The monoisotopic (exact) mass is 1040 g/mol. The lowest BCUT2D eigenvalue weighted by atomic mass is 9.99. The number of allylic oxidation sites excluding steroid dienone is 1. The smallest absolute Gasteiger partial charge is 0.306 e. The topological polar surface area (TPSA) is 175 Å². The lowest BCUT2D eigenvalue weighted by Crippen LogP contribution is -2.61. The highest BCUT2D eigenvalue weighted by Gasteiger charge is 2.47. The van der Waals surface area contributed by atoms with Gasteiger partial charge in [-0.3, -0.25) is 9.59 Å². The van der Waals surface area contributed by atoms with Crippen LogP contribution in [0, 0.1) is 0 Å². The lowest BCUT2D eigenvalue weighted by molar-refractivity contribution is -0.305. The van der Waals surface area contributed by atoms with Gasteiger partial charge >= 0.3 is 5.97 Å². The molecule has 1 heterocycles. The van der Waals surface area contributed by atoms with E-state index in [0.717, 1.165) is 57.8 Å². The van der Waals surface area contributed by atoms with Crippen molar-refractivity contribution in [3.63, 3.8) is 0 Å². The SMILES string of the molecule is CCCCCCCCCCCCC/C=C/C(O)C(COC1OC(CO)C(O)C(O)C1OC(=O)CCCCCCCCCCCCCCCCCCCCCCC)NC(=O)C(O)CCCCCCCCCCCC. The summed E-state index contributed by atoms with van der Waals surface area (Å²) in [4.78, 5) is 26.5. The summed E-state index contributed by atoms with van der Waals surface area (Å²) in [5, 5.41) is 56.9. The molecule has 1 aliphatic heterocycles. The molecule has 8 unspecified atom stereocenters. The highest BCUT2D eigenvalue weighted by atomic mass is 16.7. The van der Waals surface area contributed by atoms with E-state index in [2.05, 4.69) is 26.1 Å². The van der Waals surface area contributed by atoms with Crippen LogP contribution in [0.5, 0.6) is 0 Å². The van der Waals surface area contributed by atoms with Gasteiger partial charge in [-0.2, -0.15) is 0 Å². The van der Waals surface area contributed by atoms with E-state index in [0.29, 0.717) is 19.3 Å².